The second-order valence-electron chi connectivity index (χ2n) is 7.79. The lowest BCUT2D eigenvalue weighted by Gasteiger charge is -2.37. The minimum atomic E-state index is 0.267. The van der Waals surface area contributed by atoms with Crippen molar-refractivity contribution < 1.29 is 4.74 Å². The third-order valence-electron chi connectivity index (χ3n) is 6.10. The molecule has 26 heavy (non-hydrogen) atoms. The van der Waals surface area contributed by atoms with E-state index in [0.29, 0.717) is 17.3 Å². The van der Waals surface area contributed by atoms with Crippen molar-refractivity contribution in [3.05, 3.63) is 41.1 Å². The lowest BCUT2D eigenvalue weighted by Crippen LogP contribution is -2.30. The quantitative estimate of drug-likeness (QED) is 0.864. The molecule has 1 heterocycles. The van der Waals surface area contributed by atoms with Gasteiger partial charge in [-0.2, -0.15) is 5.26 Å². The van der Waals surface area contributed by atoms with Gasteiger partial charge in [-0.1, -0.05) is 39.3 Å². The Morgan fingerprint density at radius 1 is 1.31 bits per heavy atom. The highest BCUT2D eigenvalue weighted by Crippen LogP contribution is 2.43. The molecular weight excluding hydrogens is 322 g/mol. The van der Waals surface area contributed by atoms with Crippen LogP contribution < -0.4 is 10.5 Å². The standard InChI is InChI=1S/C22H27N3O/c1-5-22(2,3)15-8-11-19-17(12-15)20(18(13-23)21(24)25-19)14-6-9-16(26-4)10-7-14/h6-7,9-10,15H,5,8,11-12H2,1-4H3,(H2,24,25)/t15-/m0/s1. The maximum Gasteiger partial charge on any atom is 0.142 e. The van der Waals surface area contributed by atoms with Crippen molar-refractivity contribution in [2.45, 2.75) is 46.5 Å². The maximum absolute atomic E-state index is 9.74. The average Bonchev–Trinajstić information content (AvgIpc) is 2.66. The molecular formula is C22H27N3O. The number of nitriles is 1. The van der Waals surface area contributed by atoms with E-state index in [4.69, 9.17) is 10.5 Å². The van der Waals surface area contributed by atoms with Crippen LogP contribution in [0.4, 0.5) is 5.82 Å². The zero-order valence-corrected chi connectivity index (χ0v) is 16.1. The summed E-state index contributed by atoms with van der Waals surface area (Å²) in [6.07, 6.45) is 4.12. The van der Waals surface area contributed by atoms with Crippen LogP contribution in [0.1, 0.15) is 50.4 Å². The number of methoxy groups -OCH3 is 1. The number of ether oxygens (including phenoxy) is 1. The normalized spacial score (nSPS) is 16.7. The van der Waals surface area contributed by atoms with E-state index in [-0.39, 0.29) is 5.41 Å². The lowest BCUT2D eigenvalue weighted by molar-refractivity contribution is 0.182. The maximum atomic E-state index is 9.74. The molecule has 1 aromatic carbocycles. The summed E-state index contributed by atoms with van der Waals surface area (Å²) in [5, 5.41) is 9.74. The summed E-state index contributed by atoms with van der Waals surface area (Å²) < 4.78 is 5.27. The number of hydrogen-bond acceptors (Lipinski definition) is 4. The topological polar surface area (TPSA) is 71.9 Å². The third kappa shape index (κ3) is 3.14. The number of aryl methyl sites for hydroxylation is 1. The van der Waals surface area contributed by atoms with Gasteiger partial charge in [0.1, 0.15) is 23.2 Å². The Balaban J connectivity index is 2.16. The Labute approximate surface area is 156 Å². The fourth-order valence-corrected chi connectivity index (χ4v) is 3.92. The molecule has 0 amide bonds. The van der Waals surface area contributed by atoms with Gasteiger partial charge in [-0.05, 0) is 53.9 Å². The number of hydrogen-bond donors (Lipinski definition) is 1. The Morgan fingerprint density at radius 3 is 2.58 bits per heavy atom. The second-order valence-corrected chi connectivity index (χ2v) is 7.79. The van der Waals surface area contributed by atoms with Crippen LogP contribution in [0.3, 0.4) is 0 Å². The molecule has 0 fully saturated rings. The number of anilines is 1. The number of benzene rings is 1. The highest BCUT2D eigenvalue weighted by molar-refractivity contribution is 5.79. The van der Waals surface area contributed by atoms with E-state index < -0.39 is 0 Å². The van der Waals surface area contributed by atoms with Gasteiger partial charge in [-0.15, -0.1) is 0 Å². The molecule has 0 bridgehead atoms. The third-order valence-corrected chi connectivity index (χ3v) is 6.10. The predicted molar refractivity (Wildman–Crippen MR) is 105 cm³/mol. The Kier molecular flexibility index (Phi) is 4.91. The fourth-order valence-electron chi connectivity index (χ4n) is 3.92. The molecule has 1 aromatic heterocycles. The van der Waals surface area contributed by atoms with Crippen LogP contribution in [0.15, 0.2) is 24.3 Å². The molecule has 136 valence electrons. The molecule has 0 radical (unpaired) electrons. The number of pyridine rings is 1. The van der Waals surface area contributed by atoms with E-state index in [0.717, 1.165) is 48.3 Å². The Hall–Kier alpha value is -2.54. The monoisotopic (exact) mass is 349 g/mol. The van der Waals surface area contributed by atoms with Gasteiger partial charge >= 0.3 is 0 Å². The van der Waals surface area contributed by atoms with E-state index >= 15 is 0 Å². The van der Waals surface area contributed by atoms with Crippen LogP contribution in [0, 0.1) is 22.7 Å². The molecule has 1 aliphatic carbocycles. The number of aromatic nitrogens is 1. The lowest BCUT2D eigenvalue weighted by atomic mass is 9.68. The van der Waals surface area contributed by atoms with Crippen molar-refractivity contribution in [1.82, 2.24) is 4.98 Å². The van der Waals surface area contributed by atoms with Gasteiger partial charge in [-0.3, -0.25) is 0 Å². The van der Waals surface area contributed by atoms with E-state index in [1.807, 2.05) is 24.3 Å². The van der Waals surface area contributed by atoms with Gasteiger partial charge in [0.25, 0.3) is 0 Å². The van der Waals surface area contributed by atoms with Gasteiger partial charge in [0.15, 0.2) is 0 Å². The summed E-state index contributed by atoms with van der Waals surface area (Å²) in [6.45, 7) is 6.93. The molecule has 3 rings (SSSR count). The van der Waals surface area contributed by atoms with Crippen LogP contribution in [0.25, 0.3) is 11.1 Å². The molecule has 0 aliphatic heterocycles. The first-order valence-electron chi connectivity index (χ1n) is 9.27. The van der Waals surface area contributed by atoms with Crippen LogP contribution in [0.2, 0.25) is 0 Å². The van der Waals surface area contributed by atoms with Crippen LogP contribution in [0.5, 0.6) is 5.75 Å². The minimum absolute atomic E-state index is 0.267. The largest absolute Gasteiger partial charge is 0.497 e. The van der Waals surface area contributed by atoms with Crippen molar-refractivity contribution in [2.24, 2.45) is 11.3 Å². The number of fused-ring (bicyclic) bond motifs is 1. The number of nitrogens with two attached hydrogens (primary N) is 1. The first kappa shape index (κ1) is 18.3. The zero-order chi connectivity index (χ0) is 18.9. The zero-order valence-electron chi connectivity index (χ0n) is 16.1. The van der Waals surface area contributed by atoms with Crippen LogP contribution >= 0.6 is 0 Å². The van der Waals surface area contributed by atoms with Gasteiger partial charge in [0.2, 0.25) is 0 Å². The highest BCUT2D eigenvalue weighted by Gasteiger charge is 2.34. The van der Waals surface area contributed by atoms with Gasteiger partial charge in [-0.25, -0.2) is 4.98 Å². The Bertz CT molecular complexity index is 847. The molecule has 4 nitrogen and oxygen atoms in total. The molecule has 0 spiro atoms. The van der Waals surface area contributed by atoms with E-state index in [1.165, 1.54) is 5.56 Å². The van der Waals surface area contributed by atoms with Crippen molar-refractivity contribution in [2.75, 3.05) is 12.8 Å². The summed E-state index contributed by atoms with van der Waals surface area (Å²) in [5.41, 5.74) is 11.1. The summed E-state index contributed by atoms with van der Waals surface area (Å²) in [5.74, 6) is 1.72. The van der Waals surface area contributed by atoms with Crippen molar-refractivity contribution >= 4 is 5.82 Å². The minimum Gasteiger partial charge on any atom is -0.497 e. The molecule has 2 N–H and O–H groups in total. The number of nitrogen functional groups attached to an aromatic ring is 1. The molecule has 1 aliphatic rings. The van der Waals surface area contributed by atoms with Gasteiger partial charge in [0, 0.05) is 11.3 Å². The van der Waals surface area contributed by atoms with E-state index in [9.17, 15) is 5.26 Å². The summed E-state index contributed by atoms with van der Waals surface area (Å²) in [7, 11) is 1.65. The average molecular weight is 349 g/mol. The number of nitrogens with zero attached hydrogens (tertiary/aromatic N) is 2. The SMILES string of the molecule is CCC(C)(C)[C@H]1CCc2nc(N)c(C#N)c(-c3ccc(OC)cc3)c2C1. The van der Waals surface area contributed by atoms with Crippen LogP contribution in [-0.2, 0) is 12.8 Å². The Morgan fingerprint density at radius 2 is 2.00 bits per heavy atom. The first-order valence-corrected chi connectivity index (χ1v) is 9.27. The summed E-state index contributed by atoms with van der Waals surface area (Å²) in [6, 6.07) is 10.1. The molecule has 0 unspecified atom stereocenters. The summed E-state index contributed by atoms with van der Waals surface area (Å²) in [4.78, 5) is 4.58. The second kappa shape index (κ2) is 6.99. The molecule has 0 saturated heterocycles. The molecule has 0 saturated carbocycles. The molecule has 1 atom stereocenters. The van der Waals surface area contributed by atoms with Crippen molar-refractivity contribution in [1.29, 1.82) is 5.26 Å². The molecule has 2 aromatic rings. The predicted octanol–water partition coefficient (Wildman–Crippen LogP) is 4.75. The van der Waals surface area contributed by atoms with Gasteiger partial charge in [0.05, 0.1) is 7.11 Å². The van der Waals surface area contributed by atoms with Crippen molar-refractivity contribution in [3.8, 4) is 22.9 Å². The number of rotatable bonds is 4. The van der Waals surface area contributed by atoms with E-state index in [1.54, 1.807) is 7.11 Å². The highest BCUT2D eigenvalue weighted by atomic mass is 16.5. The first-order chi connectivity index (χ1) is 12.4. The van der Waals surface area contributed by atoms with Gasteiger partial charge < -0.3 is 10.5 Å². The van der Waals surface area contributed by atoms with E-state index in [2.05, 4.69) is 31.8 Å². The molecule has 4 heteroatoms. The smallest absolute Gasteiger partial charge is 0.142 e. The fraction of sp³-hybridized carbons (Fsp3) is 0.455. The van der Waals surface area contributed by atoms with Crippen LogP contribution in [-0.4, -0.2) is 12.1 Å². The van der Waals surface area contributed by atoms with Crippen molar-refractivity contribution in [3.63, 3.8) is 0 Å². The summed E-state index contributed by atoms with van der Waals surface area (Å²) >= 11 is 0.